The first-order chi connectivity index (χ1) is 14.5. The zero-order valence-corrected chi connectivity index (χ0v) is 17.1. The lowest BCUT2D eigenvalue weighted by atomic mass is 10.2. The summed E-state index contributed by atoms with van der Waals surface area (Å²) in [5.41, 5.74) is -0.126. The predicted octanol–water partition coefficient (Wildman–Crippen LogP) is 4.12. The largest absolute Gasteiger partial charge is 0.461 e. The standard InChI is InChI=1S/C20H14ClN3O5S/c1-2-28-20(27)16-13-10-30-18(22-17(25)14-4-3-9-29-14)15(13)19(26)24(23-16)12-7-5-11(21)6-8-12/h3-10H,2H2,1H3,(H,22,25). The van der Waals surface area contributed by atoms with Crippen LogP contribution in [0.1, 0.15) is 28.0 Å². The number of furan rings is 1. The number of amides is 1. The van der Waals surface area contributed by atoms with Gasteiger partial charge >= 0.3 is 5.97 Å². The molecule has 10 heteroatoms. The molecule has 0 spiro atoms. The fourth-order valence-electron chi connectivity index (χ4n) is 2.82. The third-order valence-electron chi connectivity index (χ3n) is 4.16. The van der Waals surface area contributed by atoms with Gasteiger partial charge < -0.3 is 14.5 Å². The molecule has 0 unspecified atom stereocenters. The normalized spacial score (nSPS) is 10.9. The maximum absolute atomic E-state index is 13.2. The highest BCUT2D eigenvalue weighted by atomic mass is 35.5. The molecule has 30 heavy (non-hydrogen) atoms. The van der Waals surface area contributed by atoms with Crippen LogP contribution < -0.4 is 10.9 Å². The van der Waals surface area contributed by atoms with E-state index in [0.717, 1.165) is 16.0 Å². The van der Waals surface area contributed by atoms with Crippen LogP contribution in [0.2, 0.25) is 5.02 Å². The molecule has 0 bridgehead atoms. The topological polar surface area (TPSA) is 103 Å². The minimum Gasteiger partial charge on any atom is -0.461 e. The quantitative estimate of drug-likeness (QED) is 0.465. The Balaban J connectivity index is 1.91. The Labute approximate surface area is 178 Å². The van der Waals surface area contributed by atoms with Gasteiger partial charge in [0, 0.05) is 15.8 Å². The number of anilines is 1. The fraction of sp³-hybridized carbons (Fsp3) is 0.100. The summed E-state index contributed by atoms with van der Waals surface area (Å²) in [6.45, 7) is 1.82. The number of hydrogen-bond donors (Lipinski definition) is 1. The van der Waals surface area contributed by atoms with Crippen LogP contribution in [-0.4, -0.2) is 28.3 Å². The van der Waals surface area contributed by atoms with Crippen molar-refractivity contribution in [2.24, 2.45) is 0 Å². The molecule has 0 fully saturated rings. The molecule has 152 valence electrons. The Bertz CT molecular complexity index is 1290. The third kappa shape index (κ3) is 3.60. The molecule has 0 aliphatic rings. The van der Waals surface area contributed by atoms with E-state index in [9.17, 15) is 14.4 Å². The number of ether oxygens (including phenoxy) is 1. The van der Waals surface area contributed by atoms with E-state index in [1.54, 1.807) is 42.6 Å². The molecule has 4 rings (SSSR count). The van der Waals surface area contributed by atoms with E-state index in [2.05, 4.69) is 10.4 Å². The number of carbonyl (C=O) groups is 2. The Morgan fingerprint density at radius 2 is 2.03 bits per heavy atom. The van der Waals surface area contributed by atoms with Crippen molar-refractivity contribution in [1.29, 1.82) is 0 Å². The minimum atomic E-state index is -0.674. The van der Waals surface area contributed by atoms with Crippen molar-refractivity contribution in [2.45, 2.75) is 6.92 Å². The fourth-order valence-corrected chi connectivity index (χ4v) is 3.88. The Morgan fingerprint density at radius 1 is 1.27 bits per heavy atom. The minimum absolute atomic E-state index is 0.0313. The van der Waals surface area contributed by atoms with Gasteiger partial charge in [0.2, 0.25) is 0 Å². The highest BCUT2D eigenvalue weighted by molar-refractivity contribution is 7.16. The molecule has 0 saturated heterocycles. The van der Waals surface area contributed by atoms with Crippen LogP contribution in [0.15, 0.2) is 57.3 Å². The Kier molecular flexibility index (Phi) is 5.39. The van der Waals surface area contributed by atoms with E-state index in [0.29, 0.717) is 16.1 Å². The number of thiophene rings is 1. The molecule has 3 aromatic heterocycles. The molecule has 0 radical (unpaired) electrons. The number of halogens is 1. The van der Waals surface area contributed by atoms with Crippen molar-refractivity contribution in [3.8, 4) is 5.69 Å². The zero-order chi connectivity index (χ0) is 21.3. The number of hydrogen-bond acceptors (Lipinski definition) is 7. The first-order valence-corrected chi connectivity index (χ1v) is 10.1. The van der Waals surface area contributed by atoms with Gasteiger partial charge in [-0.25, -0.2) is 4.79 Å². The summed E-state index contributed by atoms with van der Waals surface area (Å²) in [6.07, 6.45) is 1.37. The average Bonchev–Trinajstić information content (AvgIpc) is 3.40. The van der Waals surface area contributed by atoms with Crippen LogP contribution in [0.5, 0.6) is 0 Å². The Hall–Kier alpha value is -3.43. The van der Waals surface area contributed by atoms with Crippen LogP contribution >= 0.6 is 22.9 Å². The van der Waals surface area contributed by atoms with Crippen LogP contribution in [0.4, 0.5) is 5.00 Å². The number of nitrogens with zero attached hydrogens (tertiary/aromatic N) is 2. The molecule has 0 saturated carbocycles. The van der Waals surface area contributed by atoms with Gasteiger partial charge in [0.15, 0.2) is 11.5 Å². The first-order valence-electron chi connectivity index (χ1n) is 8.82. The number of esters is 1. The number of aromatic nitrogens is 2. The molecule has 1 aromatic carbocycles. The van der Waals surface area contributed by atoms with E-state index in [4.69, 9.17) is 20.8 Å². The van der Waals surface area contributed by atoms with Crippen LogP contribution in [0, 0.1) is 0 Å². The molecular formula is C20H14ClN3O5S. The van der Waals surface area contributed by atoms with Crippen molar-refractivity contribution in [1.82, 2.24) is 9.78 Å². The second-order valence-corrected chi connectivity index (χ2v) is 7.36. The Morgan fingerprint density at radius 3 is 2.70 bits per heavy atom. The SMILES string of the molecule is CCOC(=O)c1nn(-c2ccc(Cl)cc2)c(=O)c2c(NC(=O)c3ccco3)scc12. The molecule has 8 nitrogen and oxygen atoms in total. The maximum Gasteiger partial charge on any atom is 0.359 e. The van der Waals surface area contributed by atoms with Gasteiger partial charge in [0.25, 0.3) is 11.5 Å². The summed E-state index contributed by atoms with van der Waals surface area (Å²) < 4.78 is 11.3. The summed E-state index contributed by atoms with van der Waals surface area (Å²) in [4.78, 5) is 38.2. The molecular weight excluding hydrogens is 430 g/mol. The van der Waals surface area contributed by atoms with Crippen molar-refractivity contribution in [3.05, 3.63) is 74.9 Å². The van der Waals surface area contributed by atoms with Gasteiger partial charge in [0.05, 0.1) is 23.9 Å². The number of nitrogens with one attached hydrogen (secondary N) is 1. The van der Waals surface area contributed by atoms with E-state index in [1.165, 1.54) is 12.3 Å². The molecule has 4 aromatic rings. The predicted molar refractivity (Wildman–Crippen MR) is 113 cm³/mol. The third-order valence-corrected chi connectivity index (χ3v) is 5.31. The molecule has 1 amide bonds. The number of carbonyl (C=O) groups excluding carboxylic acids is 2. The number of benzene rings is 1. The molecule has 0 atom stereocenters. The second kappa shape index (κ2) is 8.13. The van der Waals surface area contributed by atoms with Gasteiger partial charge in [-0.3, -0.25) is 9.59 Å². The number of fused-ring (bicyclic) bond motifs is 1. The van der Waals surface area contributed by atoms with E-state index in [-0.39, 0.29) is 28.4 Å². The van der Waals surface area contributed by atoms with Crippen molar-refractivity contribution in [3.63, 3.8) is 0 Å². The first kappa shape index (κ1) is 19.9. The maximum atomic E-state index is 13.2. The van der Waals surface area contributed by atoms with Crippen molar-refractivity contribution < 1.29 is 18.7 Å². The van der Waals surface area contributed by atoms with Gasteiger partial charge in [-0.1, -0.05) is 11.6 Å². The van der Waals surface area contributed by atoms with Crippen LogP contribution in [0.25, 0.3) is 16.5 Å². The monoisotopic (exact) mass is 443 g/mol. The lowest BCUT2D eigenvalue weighted by molar-refractivity contribution is 0.0520. The second-order valence-electron chi connectivity index (χ2n) is 6.05. The summed E-state index contributed by atoms with van der Waals surface area (Å²) in [5, 5.41) is 9.67. The molecule has 0 aliphatic heterocycles. The summed E-state index contributed by atoms with van der Waals surface area (Å²) in [5.74, 6) is -1.10. The molecule has 0 aliphatic carbocycles. The smallest absolute Gasteiger partial charge is 0.359 e. The van der Waals surface area contributed by atoms with Gasteiger partial charge in [-0.15, -0.1) is 11.3 Å². The molecule has 3 heterocycles. The molecule has 1 N–H and O–H groups in total. The summed E-state index contributed by atoms with van der Waals surface area (Å²) in [6, 6.07) is 9.50. The summed E-state index contributed by atoms with van der Waals surface area (Å²) >= 11 is 7.04. The van der Waals surface area contributed by atoms with Crippen LogP contribution in [0.3, 0.4) is 0 Å². The van der Waals surface area contributed by atoms with Crippen molar-refractivity contribution >= 4 is 50.6 Å². The van der Waals surface area contributed by atoms with Gasteiger partial charge in [-0.05, 0) is 43.3 Å². The number of rotatable bonds is 5. The average molecular weight is 444 g/mol. The van der Waals surface area contributed by atoms with Gasteiger partial charge in [0.1, 0.15) is 5.00 Å². The summed E-state index contributed by atoms with van der Waals surface area (Å²) in [7, 11) is 0. The van der Waals surface area contributed by atoms with E-state index in [1.807, 2.05) is 0 Å². The van der Waals surface area contributed by atoms with Crippen molar-refractivity contribution in [2.75, 3.05) is 11.9 Å². The lowest BCUT2D eigenvalue weighted by Gasteiger charge is -2.10. The van der Waals surface area contributed by atoms with E-state index >= 15 is 0 Å². The highest BCUT2D eigenvalue weighted by Gasteiger charge is 2.23. The van der Waals surface area contributed by atoms with E-state index < -0.39 is 17.4 Å². The highest BCUT2D eigenvalue weighted by Crippen LogP contribution is 2.31. The van der Waals surface area contributed by atoms with Gasteiger partial charge in [-0.2, -0.15) is 9.78 Å². The van der Waals surface area contributed by atoms with Crippen LogP contribution in [-0.2, 0) is 4.74 Å². The zero-order valence-electron chi connectivity index (χ0n) is 15.5. The lowest BCUT2D eigenvalue weighted by Crippen LogP contribution is -2.25.